The summed E-state index contributed by atoms with van der Waals surface area (Å²) in [5.41, 5.74) is 0. The van der Waals surface area contributed by atoms with Crippen molar-refractivity contribution in [3.63, 3.8) is 0 Å². The van der Waals surface area contributed by atoms with Gasteiger partial charge in [-0.2, -0.15) is 0 Å². The van der Waals surface area contributed by atoms with Crippen LogP contribution in [-0.2, 0) is 14.4 Å². The lowest BCUT2D eigenvalue weighted by Gasteiger charge is -2.44. The normalized spacial score (nSPS) is 15.7. The Morgan fingerprint density at radius 2 is 1.03 bits per heavy atom. The van der Waals surface area contributed by atoms with Gasteiger partial charge in [0.25, 0.3) is 0 Å². The third-order valence-corrected chi connectivity index (χ3v) is 7.98. The number of hydrogen-bond donors (Lipinski definition) is 2. The van der Waals surface area contributed by atoms with Gasteiger partial charge in [0.05, 0.1) is 32.1 Å². The van der Waals surface area contributed by atoms with Crippen LogP contribution in [0.15, 0.2) is 12.2 Å². The molecule has 0 aliphatic heterocycles. The summed E-state index contributed by atoms with van der Waals surface area (Å²) in [6.07, 6.45) is 19.7. The smallest absolute Gasteiger partial charge is 0.312 e. The van der Waals surface area contributed by atoms with Crippen molar-refractivity contribution in [1.82, 2.24) is 0 Å². The summed E-state index contributed by atoms with van der Waals surface area (Å²) >= 11 is 0. The fourth-order valence-corrected chi connectivity index (χ4v) is 5.38. The van der Waals surface area contributed by atoms with E-state index < -0.39 is 35.7 Å². The van der Waals surface area contributed by atoms with E-state index in [0.29, 0.717) is 25.8 Å². The van der Waals surface area contributed by atoms with Gasteiger partial charge in [0.2, 0.25) is 0 Å². The second-order valence-electron chi connectivity index (χ2n) is 11.2. The Morgan fingerprint density at radius 3 is 1.42 bits per heavy atom. The van der Waals surface area contributed by atoms with E-state index in [1.807, 2.05) is 13.8 Å². The second kappa shape index (κ2) is 22.0. The average molecular weight is 540 g/mol. The molecular weight excluding hydrogens is 482 g/mol. The van der Waals surface area contributed by atoms with E-state index >= 15 is 0 Å². The van der Waals surface area contributed by atoms with E-state index in [4.69, 9.17) is 0 Å². The van der Waals surface area contributed by atoms with E-state index in [0.717, 1.165) is 38.5 Å². The van der Waals surface area contributed by atoms with Crippen LogP contribution in [0.25, 0.3) is 0 Å². The molecule has 222 valence electrons. The van der Waals surface area contributed by atoms with Crippen molar-refractivity contribution >= 4 is 17.9 Å². The van der Waals surface area contributed by atoms with E-state index in [1.54, 1.807) is 6.92 Å². The number of nitrogens with zero attached hydrogens (tertiary/aromatic N) is 1. The van der Waals surface area contributed by atoms with Crippen LogP contribution in [-0.4, -0.2) is 58.8 Å². The first-order valence-electron chi connectivity index (χ1n) is 15.3. The number of hydrogen-bond acceptors (Lipinski definition) is 4. The van der Waals surface area contributed by atoms with Gasteiger partial charge in [0.15, 0.2) is 0 Å². The number of carbonyl (C=O) groups is 3. The zero-order valence-corrected chi connectivity index (χ0v) is 24.8. The molecule has 0 radical (unpaired) electrons. The number of unbranched alkanes of at least 4 members (excludes halogenated alkanes) is 10. The van der Waals surface area contributed by atoms with Crippen molar-refractivity contribution in [2.24, 2.45) is 17.8 Å². The largest absolute Gasteiger partial charge is 0.550 e. The average Bonchev–Trinajstić information content (AvgIpc) is 2.88. The third kappa shape index (κ3) is 16.2. The zero-order chi connectivity index (χ0) is 28.8. The zero-order valence-electron chi connectivity index (χ0n) is 24.8. The van der Waals surface area contributed by atoms with Crippen LogP contribution in [0.1, 0.15) is 124 Å². The number of carbonyl (C=O) groups excluding carboxylic acids is 1. The van der Waals surface area contributed by atoms with Crippen molar-refractivity contribution in [3.05, 3.63) is 12.2 Å². The highest BCUT2D eigenvalue weighted by molar-refractivity contribution is 5.70. The maximum absolute atomic E-state index is 11.9. The van der Waals surface area contributed by atoms with Gasteiger partial charge in [-0.25, -0.2) is 0 Å². The van der Waals surface area contributed by atoms with E-state index in [9.17, 15) is 29.7 Å². The summed E-state index contributed by atoms with van der Waals surface area (Å²) < 4.78 is 0.211. The minimum atomic E-state index is -1.14. The lowest BCUT2D eigenvalue weighted by atomic mass is 9.95. The van der Waals surface area contributed by atoms with Gasteiger partial charge < -0.3 is 24.6 Å². The Morgan fingerprint density at radius 1 is 0.632 bits per heavy atom. The van der Waals surface area contributed by atoms with Crippen molar-refractivity contribution in [1.29, 1.82) is 0 Å². The van der Waals surface area contributed by atoms with Crippen molar-refractivity contribution in [3.8, 4) is 0 Å². The second-order valence-corrected chi connectivity index (χ2v) is 11.2. The molecule has 0 fully saturated rings. The van der Waals surface area contributed by atoms with Gasteiger partial charge in [-0.3, -0.25) is 9.59 Å². The van der Waals surface area contributed by atoms with Gasteiger partial charge in [0.1, 0.15) is 11.8 Å². The highest BCUT2D eigenvalue weighted by Gasteiger charge is 2.39. The lowest BCUT2D eigenvalue weighted by molar-refractivity contribution is -0.935. The molecule has 0 aliphatic carbocycles. The topological polar surface area (TPSA) is 115 Å². The Kier molecular flexibility index (Phi) is 20.9. The summed E-state index contributed by atoms with van der Waals surface area (Å²) in [5, 5.41) is 31.4. The summed E-state index contributed by atoms with van der Waals surface area (Å²) in [6.45, 7) is 8.98. The lowest BCUT2D eigenvalue weighted by Crippen LogP contribution is -2.59. The molecule has 0 saturated heterocycles. The molecule has 0 aromatic carbocycles. The number of carboxylic acids is 3. The van der Waals surface area contributed by atoms with E-state index in [2.05, 4.69) is 19.1 Å². The molecule has 0 aromatic rings. The monoisotopic (exact) mass is 539 g/mol. The Labute approximate surface area is 232 Å². The SMILES string of the molecule is CCCCCCC/C=C/CCCCCCC[N+](CC(CC)C(=O)[O-])(CC(CC)C(=O)O)CC(CC)C(=O)O. The molecule has 0 amide bonds. The molecule has 0 aliphatic rings. The molecule has 2 N–H and O–H groups in total. The van der Waals surface area contributed by atoms with Crippen LogP contribution in [0.3, 0.4) is 0 Å². The van der Waals surface area contributed by atoms with E-state index in [-0.39, 0.29) is 24.1 Å². The maximum Gasteiger partial charge on any atom is 0.312 e. The molecule has 0 bridgehead atoms. The molecule has 38 heavy (non-hydrogen) atoms. The summed E-state index contributed by atoms with van der Waals surface area (Å²) in [6, 6.07) is 0. The number of quaternary nitrogens is 1. The first-order valence-corrected chi connectivity index (χ1v) is 15.3. The van der Waals surface area contributed by atoms with Crippen LogP contribution in [0.4, 0.5) is 0 Å². The van der Waals surface area contributed by atoms with Crippen molar-refractivity contribution < 1.29 is 34.2 Å². The molecule has 0 aromatic heterocycles. The molecule has 7 heteroatoms. The minimum absolute atomic E-state index is 0.211. The molecule has 7 nitrogen and oxygen atoms in total. The van der Waals surface area contributed by atoms with Gasteiger partial charge in [-0.15, -0.1) is 0 Å². The molecule has 3 unspecified atom stereocenters. The molecule has 0 heterocycles. The van der Waals surface area contributed by atoms with Crippen molar-refractivity contribution in [2.75, 3.05) is 26.2 Å². The van der Waals surface area contributed by atoms with Gasteiger partial charge >= 0.3 is 11.9 Å². The maximum atomic E-state index is 11.9. The molecule has 3 atom stereocenters. The third-order valence-electron chi connectivity index (χ3n) is 7.98. The van der Waals surface area contributed by atoms with Gasteiger partial charge in [-0.05, 0) is 57.8 Å². The fraction of sp³-hybridized carbons (Fsp3) is 0.839. The van der Waals surface area contributed by atoms with Crippen LogP contribution >= 0.6 is 0 Å². The first kappa shape index (κ1) is 36.1. The highest BCUT2D eigenvalue weighted by atomic mass is 16.4. The minimum Gasteiger partial charge on any atom is -0.550 e. The van der Waals surface area contributed by atoms with E-state index in [1.165, 1.54) is 38.5 Å². The predicted octanol–water partition coefficient (Wildman–Crippen LogP) is 6.06. The van der Waals surface area contributed by atoms with Crippen LogP contribution in [0, 0.1) is 17.8 Å². The molecular formula is C31H57NO6. The highest BCUT2D eigenvalue weighted by Crippen LogP contribution is 2.25. The number of carboxylic acid groups (broad SMARTS) is 3. The molecule has 0 rings (SSSR count). The fourth-order valence-electron chi connectivity index (χ4n) is 5.38. The summed E-state index contributed by atoms with van der Waals surface area (Å²) in [5.74, 6) is -4.97. The van der Waals surface area contributed by atoms with Crippen molar-refractivity contribution in [2.45, 2.75) is 124 Å². The first-order chi connectivity index (χ1) is 18.2. The quantitative estimate of drug-likeness (QED) is 0.0784. The Balaban J connectivity index is 5.08. The standard InChI is InChI=1S/C31H57NO6/c1-5-9-10-11-12-13-14-15-16-17-18-19-20-21-22-32(23-26(6-2)29(33)34,24-27(7-3)30(35)36)25-28(8-4)31(37)38/h14-15,26-28H,5-13,16-25H2,1-4H3,(H2-,33,34,35,36,37,38)/b15-14+. The molecule has 0 saturated carbocycles. The van der Waals surface area contributed by atoms with Crippen LogP contribution < -0.4 is 5.11 Å². The van der Waals surface area contributed by atoms with Crippen LogP contribution in [0.2, 0.25) is 0 Å². The number of aliphatic carboxylic acids is 3. The number of allylic oxidation sites excluding steroid dienone is 2. The Bertz CT molecular complexity index is 617. The molecule has 0 spiro atoms. The summed E-state index contributed by atoms with van der Waals surface area (Å²) in [4.78, 5) is 35.7. The van der Waals surface area contributed by atoms with Crippen LogP contribution in [0.5, 0.6) is 0 Å². The van der Waals surface area contributed by atoms with Gasteiger partial charge in [-0.1, -0.05) is 78.4 Å². The number of rotatable bonds is 26. The van der Waals surface area contributed by atoms with Gasteiger partial charge in [0, 0.05) is 5.92 Å². The Hall–Kier alpha value is -1.89. The summed E-state index contributed by atoms with van der Waals surface area (Å²) in [7, 11) is 0. The predicted molar refractivity (Wildman–Crippen MR) is 152 cm³/mol.